The van der Waals surface area contributed by atoms with Crippen molar-refractivity contribution in [3.63, 3.8) is 0 Å². The van der Waals surface area contributed by atoms with Crippen molar-refractivity contribution in [2.45, 2.75) is 129 Å². The Hall–Kier alpha value is -0.666. The van der Waals surface area contributed by atoms with E-state index >= 15 is 0 Å². The van der Waals surface area contributed by atoms with Gasteiger partial charge in [-0.15, -0.1) is 0 Å². The van der Waals surface area contributed by atoms with E-state index in [-0.39, 0.29) is 39.7 Å². The van der Waals surface area contributed by atoms with E-state index in [0.29, 0.717) is 0 Å². The molecule has 1 N–H and O–H groups in total. The first-order valence-electron chi connectivity index (χ1n) is 11.2. The Morgan fingerprint density at radius 2 is 0.897 bits per heavy atom. The summed E-state index contributed by atoms with van der Waals surface area (Å²) in [5, 5.41) is 10.5. The van der Waals surface area contributed by atoms with E-state index in [1.54, 1.807) is 0 Å². The van der Waals surface area contributed by atoms with Crippen molar-refractivity contribution in [2.24, 2.45) is 0 Å². The summed E-state index contributed by atoms with van der Waals surface area (Å²) in [7, 11) is -4.85. The van der Waals surface area contributed by atoms with Crippen LogP contribution in [0.2, 0.25) is 33.2 Å². The molecule has 0 rings (SSSR count). The van der Waals surface area contributed by atoms with Crippen LogP contribution in [0.4, 0.5) is 0 Å². The normalized spacial score (nSPS) is 14.4. The lowest BCUT2D eigenvalue weighted by atomic mass is 10.3. The molecule has 0 aromatic heterocycles. The van der Waals surface area contributed by atoms with Crippen molar-refractivity contribution in [1.82, 2.24) is 0 Å². The lowest BCUT2D eigenvalue weighted by Crippen LogP contribution is -2.52. The molecule has 172 valence electrons. The second kappa shape index (κ2) is 11.1. The Kier molecular flexibility index (Phi) is 10.8. The van der Waals surface area contributed by atoms with Crippen LogP contribution in [0.5, 0.6) is 0 Å². The van der Waals surface area contributed by atoms with E-state index in [1.165, 1.54) is 0 Å². The van der Waals surface area contributed by atoms with E-state index in [0.717, 1.165) is 0 Å². The zero-order valence-electron chi connectivity index (χ0n) is 20.8. The summed E-state index contributed by atoms with van der Waals surface area (Å²) in [6.45, 7) is 25.0. The summed E-state index contributed by atoms with van der Waals surface area (Å²) in [5.41, 5.74) is 1.39. The van der Waals surface area contributed by atoms with E-state index in [9.17, 15) is 14.7 Å². The predicted octanol–water partition coefficient (Wildman–Crippen LogP) is 6.17. The molecule has 0 fully saturated rings. The SMILES string of the molecule is CC(C)[Si](OC(=O)CC(O)C(=O)O[Si](C(C)C)(C(C)C)C(C)C)(C(C)C)C(C)C. The third kappa shape index (κ3) is 6.17. The number of aliphatic hydroxyl groups is 1. The smallest absolute Gasteiger partial charge is 0.322 e. The molecule has 5 nitrogen and oxygen atoms in total. The van der Waals surface area contributed by atoms with Crippen molar-refractivity contribution in [2.75, 3.05) is 0 Å². The number of carbonyl (C=O) groups excluding carboxylic acids is 2. The third-order valence-corrected chi connectivity index (χ3v) is 18.6. The van der Waals surface area contributed by atoms with Crippen LogP contribution in [-0.4, -0.2) is 39.8 Å². The summed E-state index contributed by atoms with van der Waals surface area (Å²) in [5.74, 6) is -1.18. The maximum atomic E-state index is 12.7. The van der Waals surface area contributed by atoms with Crippen LogP contribution < -0.4 is 0 Å². The number of aliphatic hydroxyl groups excluding tert-OH is 1. The van der Waals surface area contributed by atoms with Gasteiger partial charge in [-0.2, -0.15) is 0 Å². The molecule has 0 heterocycles. The zero-order chi connectivity index (χ0) is 23.3. The van der Waals surface area contributed by atoms with Crippen LogP contribution in [0.1, 0.15) is 89.5 Å². The van der Waals surface area contributed by atoms with Crippen molar-refractivity contribution in [1.29, 1.82) is 0 Å². The topological polar surface area (TPSA) is 72.8 Å². The van der Waals surface area contributed by atoms with Gasteiger partial charge in [0.1, 0.15) is 0 Å². The minimum atomic E-state index is -2.46. The molecule has 0 aromatic carbocycles. The van der Waals surface area contributed by atoms with Crippen molar-refractivity contribution in [3.8, 4) is 0 Å². The van der Waals surface area contributed by atoms with Gasteiger partial charge in [-0.25, -0.2) is 0 Å². The second-order valence-electron chi connectivity index (χ2n) is 10.3. The summed E-state index contributed by atoms with van der Waals surface area (Å²) in [6, 6.07) is 0. The van der Waals surface area contributed by atoms with Crippen LogP contribution in [-0.2, 0) is 18.4 Å². The fourth-order valence-corrected chi connectivity index (χ4v) is 15.8. The molecule has 0 aromatic rings. The zero-order valence-corrected chi connectivity index (χ0v) is 22.8. The molecule has 0 aliphatic carbocycles. The van der Waals surface area contributed by atoms with Gasteiger partial charge in [0, 0.05) is 0 Å². The highest BCUT2D eigenvalue weighted by Gasteiger charge is 2.50. The molecule has 29 heavy (non-hydrogen) atoms. The Labute approximate surface area is 181 Å². The molecular weight excluding hydrogens is 400 g/mol. The van der Waals surface area contributed by atoms with Gasteiger partial charge in [0.25, 0.3) is 22.6 Å². The first-order valence-corrected chi connectivity index (χ1v) is 15.5. The highest BCUT2D eigenvalue weighted by Crippen LogP contribution is 2.43. The fourth-order valence-electron chi connectivity index (χ4n) is 5.43. The number of carbonyl (C=O) groups is 2. The summed E-state index contributed by atoms with van der Waals surface area (Å²) >= 11 is 0. The highest BCUT2D eigenvalue weighted by molar-refractivity contribution is 6.79. The summed E-state index contributed by atoms with van der Waals surface area (Å²) in [4.78, 5) is 25.5. The quantitative estimate of drug-likeness (QED) is 0.384. The standard InChI is InChI=1S/C22H46O5Si2/c1-14(2)28(15(3)4,16(5)6)26-21(24)13-20(23)22(25)27-29(17(7)8,18(9)10)19(11)12/h14-20,23H,13H2,1-12H3. The average molecular weight is 447 g/mol. The minimum absolute atomic E-state index is 0.216. The molecule has 0 aliphatic rings. The molecule has 0 amide bonds. The van der Waals surface area contributed by atoms with Gasteiger partial charge in [-0.1, -0.05) is 83.1 Å². The van der Waals surface area contributed by atoms with Gasteiger partial charge in [0.2, 0.25) is 0 Å². The molecule has 0 saturated carbocycles. The maximum Gasteiger partial charge on any atom is 0.322 e. The van der Waals surface area contributed by atoms with Gasteiger partial charge < -0.3 is 14.0 Å². The summed E-state index contributed by atoms with van der Waals surface area (Å²) < 4.78 is 12.1. The van der Waals surface area contributed by atoms with Crippen LogP contribution in [0, 0.1) is 0 Å². The van der Waals surface area contributed by atoms with Crippen molar-refractivity contribution >= 4 is 28.6 Å². The lowest BCUT2D eigenvalue weighted by molar-refractivity contribution is -0.151. The number of hydrogen-bond acceptors (Lipinski definition) is 5. The second-order valence-corrected chi connectivity index (χ2v) is 21.0. The Bertz CT molecular complexity index is 498. The monoisotopic (exact) mass is 446 g/mol. The van der Waals surface area contributed by atoms with Crippen LogP contribution in [0.25, 0.3) is 0 Å². The summed E-state index contributed by atoms with van der Waals surface area (Å²) in [6.07, 6.45) is -1.83. The molecule has 7 heteroatoms. The van der Waals surface area contributed by atoms with Gasteiger partial charge in [0.15, 0.2) is 6.10 Å². The van der Waals surface area contributed by atoms with Crippen LogP contribution >= 0.6 is 0 Å². The molecule has 1 atom stereocenters. The maximum absolute atomic E-state index is 12.7. The fraction of sp³-hybridized carbons (Fsp3) is 0.909. The predicted molar refractivity (Wildman–Crippen MR) is 125 cm³/mol. The number of rotatable bonds is 11. The molecule has 0 spiro atoms. The lowest BCUT2D eigenvalue weighted by Gasteiger charge is -2.42. The highest BCUT2D eigenvalue weighted by atomic mass is 28.4. The van der Waals surface area contributed by atoms with E-state index in [2.05, 4.69) is 83.1 Å². The van der Waals surface area contributed by atoms with Crippen molar-refractivity contribution < 1.29 is 23.5 Å². The largest absolute Gasteiger partial charge is 0.518 e. The molecule has 0 saturated heterocycles. The Morgan fingerprint density at radius 3 is 1.17 bits per heavy atom. The third-order valence-electron chi connectivity index (χ3n) is 6.61. The van der Waals surface area contributed by atoms with Gasteiger partial charge in [-0.05, 0) is 33.2 Å². The molecule has 0 aliphatic heterocycles. The van der Waals surface area contributed by atoms with E-state index < -0.39 is 34.7 Å². The van der Waals surface area contributed by atoms with Crippen LogP contribution in [0.3, 0.4) is 0 Å². The van der Waals surface area contributed by atoms with Crippen molar-refractivity contribution in [3.05, 3.63) is 0 Å². The van der Waals surface area contributed by atoms with E-state index in [1.807, 2.05) is 0 Å². The van der Waals surface area contributed by atoms with Gasteiger partial charge in [-0.3, -0.25) is 9.59 Å². The molecule has 1 unspecified atom stereocenters. The first-order chi connectivity index (χ1) is 13.1. The molecular formula is C22H46O5Si2. The Balaban J connectivity index is 5.44. The first kappa shape index (κ1) is 28.3. The Morgan fingerprint density at radius 1 is 0.621 bits per heavy atom. The van der Waals surface area contributed by atoms with Crippen LogP contribution in [0.15, 0.2) is 0 Å². The van der Waals surface area contributed by atoms with Gasteiger partial charge in [0.05, 0.1) is 6.42 Å². The molecule has 0 bridgehead atoms. The minimum Gasteiger partial charge on any atom is -0.518 e. The van der Waals surface area contributed by atoms with E-state index in [4.69, 9.17) is 8.85 Å². The number of hydrogen-bond donors (Lipinski definition) is 1. The van der Waals surface area contributed by atoms with Gasteiger partial charge >= 0.3 is 5.97 Å². The molecule has 0 radical (unpaired) electrons. The average Bonchev–Trinajstić information content (AvgIpc) is 2.54.